The van der Waals surface area contributed by atoms with Crippen molar-refractivity contribution in [3.8, 4) is 0 Å². The molecule has 0 spiro atoms. The number of amides is 2. The fourth-order valence-electron chi connectivity index (χ4n) is 3.42. The Hall–Kier alpha value is -2.09. The van der Waals surface area contributed by atoms with Crippen molar-refractivity contribution in [2.45, 2.75) is 64.1 Å². The van der Waals surface area contributed by atoms with Crippen LogP contribution in [0.1, 0.15) is 46.5 Å². The second-order valence-corrected chi connectivity index (χ2v) is 8.49. The van der Waals surface area contributed by atoms with Crippen molar-refractivity contribution in [2.75, 3.05) is 18.4 Å². The van der Waals surface area contributed by atoms with Gasteiger partial charge in [-0.2, -0.15) is 5.10 Å². The second kappa shape index (κ2) is 7.26. The first-order valence-corrected chi connectivity index (χ1v) is 9.30. The third-order valence-corrected chi connectivity index (χ3v) is 5.01. The van der Waals surface area contributed by atoms with E-state index in [1.54, 1.807) is 16.9 Å². The summed E-state index contributed by atoms with van der Waals surface area (Å²) in [6.07, 6.45) is 5.67. The average Bonchev–Trinajstić information content (AvgIpc) is 3.15. The Morgan fingerprint density at radius 3 is 2.62 bits per heavy atom. The largest absolute Gasteiger partial charge is 0.480 e. The summed E-state index contributed by atoms with van der Waals surface area (Å²) in [7, 11) is 0. The molecule has 0 aromatic carbocycles. The molecule has 8 nitrogen and oxygen atoms in total. The molecule has 8 heteroatoms. The number of nitrogens with one attached hydrogen (secondary N) is 2. The maximum absolute atomic E-state index is 12.3. The summed E-state index contributed by atoms with van der Waals surface area (Å²) in [6.45, 7) is 7.02. The van der Waals surface area contributed by atoms with Crippen molar-refractivity contribution >= 4 is 17.8 Å². The molecule has 144 valence electrons. The lowest BCUT2D eigenvalue weighted by Gasteiger charge is -2.42. The third-order valence-electron chi connectivity index (χ3n) is 5.01. The zero-order valence-corrected chi connectivity index (χ0v) is 15.7. The predicted octanol–water partition coefficient (Wildman–Crippen LogP) is 2.09. The summed E-state index contributed by atoms with van der Waals surface area (Å²) in [6, 6.07) is 1.86. The number of anilines is 1. The normalized spacial score (nSPS) is 22.8. The minimum atomic E-state index is -0.782. The highest BCUT2D eigenvalue weighted by Gasteiger charge is 2.37. The van der Waals surface area contributed by atoms with Gasteiger partial charge in [-0.05, 0) is 52.4 Å². The summed E-state index contributed by atoms with van der Waals surface area (Å²) < 4.78 is 1.78. The van der Waals surface area contributed by atoms with Gasteiger partial charge in [0.2, 0.25) is 0 Å². The first-order valence-electron chi connectivity index (χ1n) is 9.30. The Morgan fingerprint density at radius 1 is 1.35 bits per heavy atom. The van der Waals surface area contributed by atoms with Crippen LogP contribution in [-0.4, -0.2) is 57.0 Å². The Kier molecular flexibility index (Phi) is 5.22. The number of hydrogen-bond donors (Lipinski definition) is 3. The van der Waals surface area contributed by atoms with E-state index in [1.165, 1.54) is 12.8 Å². The summed E-state index contributed by atoms with van der Waals surface area (Å²) in [5.74, 6) is 0.532. The molecule has 0 bridgehead atoms. The molecule has 2 fully saturated rings. The zero-order chi connectivity index (χ0) is 18.9. The highest BCUT2D eigenvalue weighted by Crippen LogP contribution is 2.33. The Balaban J connectivity index is 1.46. The lowest BCUT2D eigenvalue weighted by atomic mass is 9.85. The Bertz CT molecular complexity index is 656. The fraction of sp³-hybridized carbons (Fsp3) is 0.722. The van der Waals surface area contributed by atoms with Crippen molar-refractivity contribution in [3.63, 3.8) is 0 Å². The summed E-state index contributed by atoms with van der Waals surface area (Å²) >= 11 is 0. The number of rotatable bonds is 7. The number of aromatic nitrogens is 2. The monoisotopic (exact) mass is 363 g/mol. The van der Waals surface area contributed by atoms with Gasteiger partial charge in [0.05, 0.1) is 18.3 Å². The summed E-state index contributed by atoms with van der Waals surface area (Å²) in [5, 5.41) is 19.2. The maximum atomic E-state index is 12.3. The van der Waals surface area contributed by atoms with Crippen LogP contribution in [0.5, 0.6) is 0 Å². The molecular formula is C18H29N5O3. The lowest BCUT2D eigenvalue weighted by molar-refractivity contribution is -0.139. The SMILES string of the molecule is CC(C)(C)n1nccc1NC(=O)NC1CC(N(CC(=O)O)CC2CC2)C1. The molecule has 0 aliphatic heterocycles. The minimum Gasteiger partial charge on any atom is -0.480 e. The van der Waals surface area contributed by atoms with Gasteiger partial charge in [0, 0.05) is 24.7 Å². The van der Waals surface area contributed by atoms with Crippen molar-refractivity contribution < 1.29 is 14.7 Å². The van der Waals surface area contributed by atoms with Gasteiger partial charge in [0.15, 0.2) is 0 Å². The molecule has 1 aromatic heterocycles. The van der Waals surface area contributed by atoms with Crippen LogP contribution < -0.4 is 10.6 Å². The van der Waals surface area contributed by atoms with Crippen LogP contribution in [0.3, 0.4) is 0 Å². The van der Waals surface area contributed by atoms with E-state index in [2.05, 4.69) is 20.6 Å². The second-order valence-electron chi connectivity index (χ2n) is 8.49. The van der Waals surface area contributed by atoms with Gasteiger partial charge in [0.25, 0.3) is 0 Å². The summed E-state index contributed by atoms with van der Waals surface area (Å²) in [5.41, 5.74) is -0.214. The van der Waals surface area contributed by atoms with Crippen LogP contribution in [0.4, 0.5) is 10.6 Å². The molecule has 2 aliphatic rings. The van der Waals surface area contributed by atoms with Gasteiger partial charge < -0.3 is 10.4 Å². The van der Waals surface area contributed by atoms with Crippen LogP contribution in [0.15, 0.2) is 12.3 Å². The number of carbonyl (C=O) groups excluding carboxylic acids is 1. The molecule has 0 saturated heterocycles. The van der Waals surface area contributed by atoms with E-state index in [4.69, 9.17) is 5.11 Å². The van der Waals surface area contributed by atoms with Crippen molar-refractivity contribution in [2.24, 2.45) is 5.92 Å². The van der Waals surface area contributed by atoms with Gasteiger partial charge in [-0.15, -0.1) is 0 Å². The van der Waals surface area contributed by atoms with E-state index in [0.29, 0.717) is 11.7 Å². The number of carboxylic acids is 1. The molecular weight excluding hydrogens is 334 g/mol. The Labute approximate surface area is 153 Å². The highest BCUT2D eigenvalue weighted by atomic mass is 16.4. The van der Waals surface area contributed by atoms with Crippen molar-refractivity contribution in [1.82, 2.24) is 20.0 Å². The number of hydrogen-bond acceptors (Lipinski definition) is 4. The molecule has 3 rings (SSSR count). The quantitative estimate of drug-likeness (QED) is 0.689. The topological polar surface area (TPSA) is 99.5 Å². The number of carboxylic acid groups (broad SMARTS) is 1. The van der Waals surface area contributed by atoms with Gasteiger partial charge in [0.1, 0.15) is 5.82 Å². The molecule has 2 saturated carbocycles. The number of aliphatic carboxylic acids is 1. The third kappa shape index (κ3) is 4.75. The molecule has 0 unspecified atom stereocenters. The van der Waals surface area contributed by atoms with E-state index in [-0.39, 0.29) is 30.2 Å². The first kappa shape index (κ1) is 18.7. The molecule has 0 radical (unpaired) electrons. The fourth-order valence-corrected chi connectivity index (χ4v) is 3.42. The molecule has 2 amide bonds. The maximum Gasteiger partial charge on any atom is 0.320 e. The molecule has 2 aliphatic carbocycles. The van der Waals surface area contributed by atoms with Gasteiger partial charge in [-0.3, -0.25) is 15.0 Å². The number of carbonyl (C=O) groups is 2. The molecule has 1 aromatic rings. The number of nitrogens with zero attached hydrogens (tertiary/aromatic N) is 3. The molecule has 1 heterocycles. The zero-order valence-electron chi connectivity index (χ0n) is 15.7. The lowest BCUT2D eigenvalue weighted by Crippen LogP contribution is -2.56. The van der Waals surface area contributed by atoms with E-state index in [0.717, 1.165) is 19.4 Å². The predicted molar refractivity (Wildman–Crippen MR) is 98.1 cm³/mol. The molecule has 3 N–H and O–H groups in total. The first-order chi connectivity index (χ1) is 12.2. The van der Waals surface area contributed by atoms with E-state index < -0.39 is 5.97 Å². The minimum absolute atomic E-state index is 0.0847. The smallest absolute Gasteiger partial charge is 0.320 e. The van der Waals surface area contributed by atoms with Crippen LogP contribution in [0, 0.1) is 5.92 Å². The van der Waals surface area contributed by atoms with Crippen molar-refractivity contribution in [3.05, 3.63) is 12.3 Å². The van der Waals surface area contributed by atoms with Gasteiger partial charge in [-0.1, -0.05) is 0 Å². The van der Waals surface area contributed by atoms with Crippen LogP contribution >= 0.6 is 0 Å². The molecule has 26 heavy (non-hydrogen) atoms. The van der Waals surface area contributed by atoms with Crippen LogP contribution in [0.2, 0.25) is 0 Å². The molecule has 0 atom stereocenters. The van der Waals surface area contributed by atoms with Gasteiger partial charge in [-0.25, -0.2) is 9.48 Å². The average molecular weight is 363 g/mol. The summed E-state index contributed by atoms with van der Waals surface area (Å²) in [4.78, 5) is 25.4. The van der Waals surface area contributed by atoms with E-state index in [1.807, 2.05) is 20.8 Å². The van der Waals surface area contributed by atoms with Crippen molar-refractivity contribution in [1.29, 1.82) is 0 Å². The Morgan fingerprint density at radius 2 is 2.04 bits per heavy atom. The van der Waals surface area contributed by atoms with E-state index in [9.17, 15) is 9.59 Å². The standard InChI is InChI=1S/C18H29N5O3/c1-18(2,3)23-15(6-7-19-23)21-17(26)20-13-8-14(9-13)22(11-16(24)25)10-12-4-5-12/h6-7,12-14H,4-5,8-11H2,1-3H3,(H,24,25)(H2,20,21,26). The highest BCUT2D eigenvalue weighted by molar-refractivity contribution is 5.88. The van der Waals surface area contributed by atoms with Crippen LogP contribution in [-0.2, 0) is 10.3 Å². The van der Waals surface area contributed by atoms with E-state index >= 15 is 0 Å². The number of urea groups is 1. The van der Waals surface area contributed by atoms with Gasteiger partial charge >= 0.3 is 12.0 Å². The van der Waals surface area contributed by atoms with Crippen LogP contribution in [0.25, 0.3) is 0 Å².